The highest BCUT2D eigenvalue weighted by Crippen LogP contribution is 2.66. The number of likely N-dealkylation sites (tertiary alicyclic amines) is 1. The lowest BCUT2D eigenvalue weighted by atomic mass is 9.48. The van der Waals surface area contributed by atoms with Gasteiger partial charge in [0, 0.05) is 11.6 Å². The van der Waals surface area contributed by atoms with Crippen LogP contribution in [0.25, 0.3) is 0 Å². The van der Waals surface area contributed by atoms with Crippen LogP contribution in [0, 0.1) is 5.41 Å². The van der Waals surface area contributed by atoms with Crippen LogP contribution in [-0.2, 0) is 11.8 Å². The van der Waals surface area contributed by atoms with E-state index in [0.717, 1.165) is 30.9 Å². The molecule has 0 radical (unpaired) electrons. The fourth-order valence-corrected chi connectivity index (χ4v) is 6.23. The molecule has 4 atom stereocenters. The van der Waals surface area contributed by atoms with Gasteiger partial charge in [-0.3, -0.25) is 0 Å². The summed E-state index contributed by atoms with van der Waals surface area (Å²) in [7, 11) is 3.85. The van der Waals surface area contributed by atoms with Crippen molar-refractivity contribution < 1.29 is 14.6 Å². The van der Waals surface area contributed by atoms with Crippen molar-refractivity contribution in [2.45, 2.75) is 63.2 Å². The lowest BCUT2D eigenvalue weighted by Crippen LogP contribution is -2.74. The van der Waals surface area contributed by atoms with Gasteiger partial charge in [0.1, 0.15) is 6.10 Å². The van der Waals surface area contributed by atoms with E-state index in [-0.39, 0.29) is 23.0 Å². The summed E-state index contributed by atoms with van der Waals surface area (Å²) < 4.78 is 12.3. The van der Waals surface area contributed by atoms with Gasteiger partial charge in [0.25, 0.3) is 0 Å². The Morgan fingerprint density at radius 3 is 2.77 bits per heavy atom. The third-order valence-corrected chi connectivity index (χ3v) is 7.47. The molecule has 1 saturated heterocycles. The molecule has 1 fully saturated rings. The third-order valence-electron chi connectivity index (χ3n) is 7.47. The van der Waals surface area contributed by atoms with Crippen LogP contribution in [-0.4, -0.2) is 48.5 Å². The summed E-state index contributed by atoms with van der Waals surface area (Å²) in [6, 6.07) is 4.35. The van der Waals surface area contributed by atoms with Gasteiger partial charge in [-0.25, -0.2) is 0 Å². The Morgan fingerprint density at radius 1 is 1.31 bits per heavy atom. The molecule has 1 N–H and O–H groups in total. The van der Waals surface area contributed by atoms with E-state index in [9.17, 15) is 5.11 Å². The van der Waals surface area contributed by atoms with Crippen molar-refractivity contribution in [1.82, 2.24) is 4.90 Å². The Morgan fingerprint density at radius 2 is 2.08 bits per heavy atom. The number of hydrogen-bond donors (Lipinski definition) is 1. The molecule has 140 valence electrons. The Kier molecular flexibility index (Phi) is 3.10. The summed E-state index contributed by atoms with van der Waals surface area (Å²) in [5.74, 6) is 1.66. The largest absolute Gasteiger partial charge is 0.493 e. The Balaban J connectivity index is 1.84. The van der Waals surface area contributed by atoms with Crippen LogP contribution in [0.1, 0.15) is 44.7 Å². The van der Waals surface area contributed by atoms with Crippen molar-refractivity contribution in [2.75, 3.05) is 20.7 Å². The number of methoxy groups -OCH3 is 1. The highest BCUT2D eigenvalue weighted by Gasteiger charge is 2.71. The molecule has 4 aliphatic rings. The molecule has 0 amide bonds. The molecular formula is C22H29NO3. The van der Waals surface area contributed by atoms with Crippen LogP contribution < -0.4 is 9.47 Å². The summed E-state index contributed by atoms with van der Waals surface area (Å²) in [5, 5.41) is 12.1. The zero-order valence-electron chi connectivity index (χ0n) is 16.4. The molecule has 26 heavy (non-hydrogen) atoms. The number of likely N-dealkylation sites (N-methyl/N-ethyl adjacent to an activating group) is 1. The highest BCUT2D eigenvalue weighted by atomic mass is 16.5. The van der Waals surface area contributed by atoms with E-state index in [4.69, 9.17) is 9.47 Å². The first kappa shape index (κ1) is 16.6. The topological polar surface area (TPSA) is 41.9 Å². The number of hydrogen-bond acceptors (Lipinski definition) is 4. The molecule has 2 aliphatic heterocycles. The SMILES string of the molecule is COc1ccc2c3c1O[C@H]1C(C(C)(C)C)=CC[C@@]4(O)[C@@H](C2)N(C)CC[C@]314. The van der Waals surface area contributed by atoms with E-state index >= 15 is 0 Å². The lowest BCUT2D eigenvalue weighted by Gasteiger charge is -2.62. The second-order valence-electron chi connectivity index (χ2n) is 9.59. The molecule has 1 aromatic rings. The molecule has 2 heterocycles. The smallest absolute Gasteiger partial charge is 0.166 e. The fourth-order valence-electron chi connectivity index (χ4n) is 6.23. The standard InChI is InChI=1S/C22H29NO3/c1-20(2,3)14-8-9-22(24)16-12-13-6-7-15(25-5)18-17(13)21(22,19(14)26-18)10-11-23(16)4/h6-8,16,19,24H,9-12H2,1-5H3/t16-,19+,21+,22-/m1/s1. The van der Waals surface area contributed by atoms with Crippen molar-refractivity contribution in [3.05, 3.63) is 34.9 Å². The average molecular weight is 355 g/mol. The van der Waals surface area contributed by atoms with Gasteiger partial charge in [-0.2, -0.15) is 0 Å². The first-order valence-corrected chi connectivity index (χ1v) is 9.74. The lowest BCUT2D eigenvalue weighted by molar-refractivity contribution is -0.159. The molecule has 2 aliphatic carbocycles. The maximum Gasteiger partial charge on any atom is 0.166 e. The molecule has 4 nitrogen and oxygen atoms in total. The predicted molar refractivity (Wildman–Crippen MR) is 101 cm³/mol. The molecule has 1 spiro atoms. The van der Waals surface area contributed by atoms with Gasteiger partial charge < -0.3 is 19.5 Å². The van der Waals surface area contributed by atoms with Crippen molar-refractivity contribution >= 4 is 0 Å². The first-order valence-electron chi connectivity index (χ1n) is 9.74. The molecule has 4 heteroatoms. The summed E-state index contributed by atoms with van der Waals surface area (Å²) >= 11 is 0. The highest BCUT2D eigenvalue weighted by molar-refractivity contribution is 5.64. The monoisotopic (exact) mass is 355 g/mol. The molecule has 1 aromatic carbocycles. The van der Waals surface area contributed by atoms with Crippen LogP contribution in [0.5, 0.6) is 11.5 Å². The second kappa shape index (κ2) is 4.85. The van der Waals surface area contributed by atoms with E-state index < -0.39 is 5.60 Å². The third kappa shape index (κ3) is 1.68. The molecule has 2 bridgehead atoms. The first-order chi connectivity index (χ1) is 12.2. The average Bonchev–Trinajstić information content (AvgIpc) is 2.91. The predicted octanol–water partition coefficient (Wildman–Crippen LogP) is 3.06. The van der Waals surface area contributed by atoms with Gasteiger partial charge >= 0.3 is 0 Å². The summed E-state index contributed by atoms with van der Waals surface area (Å²) in [6.07, 6.45) is 4.64. The Hall–Kier alpha value is -1.52. The zero-order valence-corrected chi connectivity index (χ0v) is 16.4. The quantitative estimate of drug-likeness (QED) is 0.786. The normalized spacial score (nSPS) is 37.7. The van der Waals surface area contributed by atoms with E-state index in [0.29, 0.717) is 6.42 Å². The molecule has 0 unspecified atom stereocenters. The van der Waals surface area contributed by atoms with Crippen molar-refractivity contribution in [3.63, 3.8) is 0 Å². The number of aliphatic hydroxyl groups is 1. The van der Waals surface area contributed by atoms with Crippen molar-refractivity contribution in [1.29, 1.82) is 0 Å². The minimum Gasteiger partial charge on any atom is -0.493 e. The summed E-state index contributed by atoms with van der Waals surface area (Å²) in [6.45, 7) is 7.74. The van der Waals surface area contributed by atoms with Gasteiger partial charge in [0.05, 0.1) is 18.1 Å². The number of nitrogens with zero attached hydrogens (tertiary/aromatic N) is 1. The maximum absolute atomic E-state index is 12.1. The minimum absolute atomic E-state index is 0.00643. The summed E-state index contributed by atoms with van der Waals surface area (Å²) in [4.78, 5) is 2.35. The van der Waals surface area contributed by atoms with Gasteiger partial charge in [-0.15, -0.1) is 0 Å². The van der Waals surface area contributed by atoms with Gasteiger partial charge in [-0.05, 0) is 55.5 Å². The summed E-state index contributed by atoms with van der Waals surface area (Å²) in [5.41, 5.74) is 2.72. The van der Waals surface area contributed by atoms with Crippen LogP contribution in [0.4, 0.5) is 0 Å². The van der Waals surface area contributed by atoms with Crippen molar-refractivity contribution in [2.24, 2.45) is 5.41 Å². The Labute approximate surface area is 155 Å². The van der Waals surface area contributed by atoms with Crippen LogP contribution in [0.2, 0.25) is 0 Å². The molecular weight excluding hydrogens is 326 g/mol. The molecule has 0 aromatic heterocycles. The van der Waals surface area contributed by atoms with E-state index in [1.807, 2.05) is 6.07 Å². The Bertz CT molecular complexity index is 823. The van der Waals surface area contributed by atoms with E-state index in [1.165, 1.54) is 16.7 Å². The van der Waals surface area contributed by atoms with Crippen molar-refractivity contribution in [3.8, 4) is 11.5 Å². The zero-order chi connectivity index (χ0) is 18.5. The van der Waals surface area contributed by atoms with Gasteiger partial charge in [0.15, 0.2) is 11.5 Å². The van der Waals surface area contributed by atoms with Crippen LogP contribution in [0.3, 0.4) is 0 Å². The number of rotatable bonds is 1. The fraction of sp³-hybridized carbons (Fsp3) is 0.636. The molecule has 5 rings (SSSR count). The number of ether oxygens (including phenoxy) is 2. The minimum atomic E-state index is -0.788. The molecule has 0 saturated carbocycles. The van der Waals surface area contributed by atoms with E-state index in [2.05, 4.69) is 44.9 Å². The van der Waals surface area contributed by atoms with Crippen LogP contribution >= 0.6 is 0 Å². The van der Waals surface area contributed by atoms with Gasteiger partial charge in [-0.1, -0.05) is 32.9 Å². The maximum atomic E-state index is 12.1. The number of benzene rings is 1. The van der Waals surface area contributed by atoms with E-state index in [1.54, 1.807) is 7.11 Å². The van der Waals surface area contributed by atoms with Crippen LogP contribution in [0.15, 0.2) is 23.8 Å². The number of piperidine rings is 1. The van der Waals surface area contributed by atoms with Gasteiger partial charge in [0.2, 0.25) is 0 Å². The second-order valence-corrected chi connectivity index (χ2v) is 9.59.